The van der Waals surface area contributed by atoms with Crippen LogP contribution in [0.15, 0.2) is 66.0 Å². The summed E-state index contributed by atoms with van der Waals surface area (Å²) in [7, 11) is 1.81. The molecule has 0 bridgehead atoms. The Morgan fingerprint density at radius 3 is 2.37 bits per heavy atom. The first-order chi connectivity index (χ1) is 24.3. The van der Waals surface area contributed by atoms with Gasteiger partial charge in [-0.05, 0) is 54.0 Å². The lowest BCUT2D eigenvalue weighted by molar-refractivity contribution is -0.135. The van der Waals surface area contributed by atoms with Crippen LogP contribution >= 0.6 is 11.6 Å². The number of carbonyl (C=O) groups is 2. The minimum atomic E-state index is -3.21. The molecular formula is C35H38ClF4N9O3. The second-order valence-electron chi connectivity index (χ2n) is 14.4. The number of benzene rings is 2. The molecule has 0 spiro atoms. The van der Waals surface area contributed by atoms with Gasteiger partial charge in [0.15, 0.2) is 17.3 Å². The molecule has 1 aliphatic carbocycles. The summed E-state index contributed by atoms with van der Waals surface area (Å²) in [6.45, 7) is 5.98. The molecular weight excluding hydrogens is 706 g/mol. The van der Waals surface area contributed by atoms with E-state index in [4.69, 9.17) is 27.1 Å². The van der Waals surface area contributed by atoms with Gasteiger partial charge in [-0.2, -0.15) is 10.2 Å². The van der Waals surface area contributed by atoms with Gasteiger partial charge in [-0.25, -0.2) is 37.0 Å². The Labute approximate surface area is 302 Å². The van der Waals surface area contributed by atoms with Crippen molar-refractivity contribution >= 4 is 29.6 Å². The van der Waals surface area contributed by atoms with Crippen LogP contribution in [0.5, 0.6) is 0 Å². The Kier molecular flexibility index (Phi) is 9.34. The van der Waals surface area contributed by atoms with Crippen LogP contribution in [0, 0.1) is 5.41 Å². The normalized spacial score (nSPS) is 19.2. The summed E-state index contributed by atoms with van der Waals surface area (Å²) in [6, 6.07) is 12.2. The number of hydrogen-bond donors (Lipinski definition) is 2. The van der Waals surface area contributed by atoms with E-state index in [1.807, 2.05) is 45.2 Å². The molecule has 2 aliphatic rings. The third kappa shape index (κ3) is 6.95. The van der Waals surface area contributed by atoms with Gasteiger partial charge in [-0.3, -0.25) is 14.4 Å². The van der Waals surface area contributed by atoms with Crippen molar-refractivity contribution in [3.8, 4) is 16.9 Å². The molecule has 2 aromatic carbocycles. The van der Waals surface area contributed by atoms with Crippen LogP contribution < -0.4 is 11.1 Å². The molecule has 0 saturated heterocycles. The summed E-state index contributed by atoms with van der Waals surface area (Å²) in [5.41, 5.74) is 5.17. The molecule has 0 radical (unpaired) electrons. The van der Waals surface area contributed by atoms with Crippen molar-refractivity contribution in [3.05, 3.63) is 83.0 Å². The van der Waals surface area contributed by atoms with Crippen LogP contribution in [-0.2, 0) is 22.1 Å². The highest BCUT2D eigenvalue weighted by atomic mass is 35.5. The second-order valence-corrected chi connectivity index (χ2v) is 14.9. The first-order valence-electron chi connectivity index (χ1n) is 16.4. The Morgan fingerprint density at radius 2 is 1.79 bits per heavy atom. The fraction of sp³-hybridized carbons (Fsp3) is 0.429. The lowest BCUT2D eigenvalue weighted by Crippen LogP contribution is -2.50. The summed E-state index contributed by atoms with van der Waals surface area (Å²) >= 11 is 6.46. The maximum atomic E-state index is 14.9. The van der Waals surface area contributed by atoms with Crippen molar-refractivity contribution in [2.24, 2.45) is 23.2 Å². The molecule has 1 saturated carbocycles. The number of halogens is 5. The third-order valence-electron chi connectivity index (χ3n) is 9.25. The van der Waals surface area contributed by atoms with E-state index in [1.165, 1.54) is 23.1 Å². The Hall–Kier alpha value is -4.99. The maximum absolute atomic E-state index is 14.9. The molecule has 12 nitrogen and oxygen atoms in total. The van der Waals surface area contributed by atoms with Gasteiger partial charge in [0.1, 0.15) is 18.5 Å². The van der Waals surface area contributed by atoms with E-state index in [1.54, 1.807) is 23.9 Å². The van der Waals surface area contributed by atoms with E-state index in [0.717, 1.165) is 22.3 Å². The van der Waals surface area contributed by atoms with E-state index in [2.05, 4.69) is 20.5 Å². The Balaban J connectivity index is 1.41. The van der Waals surface area contributed by atoms with Gasteiger partial charge in [0.2, 0.25) is 0 Å². The van der Waals surface area contributed by atoms with E-state index in [9.17, 15) is 27.2 Å². The molecule has 276 valence electrons. The van der Waals surface area contributed by atoms with Crippen LogP contribution in [0.4, 0.5) is 22.4 Å². The van der Waals surface area contributed by atoms with Crippen LogP contribution in [0.25, 0.3) is 16.9 Å². The number of alkyl halides is 4. The zero-order valence-corrected chi connectivity index (χ0v) is 29.8. The molecule has 2 atom stereocenters. The van der Waals surface area contributed by atoms with Crippen LogP contribution in [0.2, 0.25) is 5.02 Å². The number of amides is 2. The zero-order valence-electron chi connectivity index (χ0n) is 29.1. The van der Waals surface area contributed by atoms with Crippen molar-refractivity contribution in [2.45, 2.75) is 76.4 Å². The number of hydrogen-bond acceptors (Lipinski definition) is 8. The van der Waals surface area contributed by atoms with Crippen molar-refractivity contribution in [1.82, 2.24) is 34.8 Å². The number of alkyl carbamates (subject to hydrolysis) is 1. The van der Waals surface area contributed by atoms with E-state index >= 15 is 0 Å². The predicted molar refractivity (Wildman–Crippen MR) is 184 cm³/mol. The number of nitrogens with one attached hydrogen (secondary N) is 1. The van der Waals surface area contributed by atoms with E-state index in [-0.39, 0.29) is 41.5 Å². The van der Waals surface area contributed by atoms with Crippen molar-refractivity contribution in [1.29, 1.82) is 0 Å². The average Bonchev–Trinajstić information content (AvgIpc) is 3.36. The van der Waals surface area contributed by atoms with Gasteiger partial charge < -0.3 is 15.8 Å². The molecule has 0 unspecified atom stereocenters. The largest absolute Gasteiger partial charge is 0.447 e. The minimum Gasteiger partial charge on any atom is -0.447 e. The van der Waals surface area contributed by atoms with Crippen molar-refractivity contribution in [2.75, 3.05) is 6.61 Å². The molecule has 2 amide bonds. The van der Waals surface area contributed by atoms with Gasteiger partial charge in [0.25, 0.3) is 18.3 Å². The monoisotopic (exact) mass is 743 g/mol. The summed E-state index contributed by atoms with van der Waals surface area (Å²) in [6.07, 6.45) is -1.06. The van der Waals surface area contributed by atoms with Gasteiger partial charge >= 0.3 is 6.09 Å². The summed E-state index contributed by atoms with van der Waals surface area (Å²) in [5, 5.41) is 10.7. The number of aliphatic imine (C=N–C) groups is 1. The Bertz CT molecular complexity index is 2020. The molecule has 3 heterocycles. The van der Waals surface area contributed by atoms with Crippen molar-refractivity contribution in [3.63, 3.8) is 0 Å². The van der Waals surface area contributed by atoms with E-state index < -0.39 is 59.3 Å². The number of rotatable bonds is 11. The quantitative estimate of drug-likeness (QED) is 0.163. The highest BCUT2D eigenvalue weighted by molar-refractivity contribution is 6.32. The first kappa shape index (κ1) is 36.8. The third-order valence-corrected chi connectivity index (χ3v) is 9.57. The topological polar surface area (TPSA) is 146 Å². The lowest BCUT2D eigenvalue weighted by atomic mass is 9.75. The number of nitrogens with zero attached hydrogens (tertiary/aromatic N) is 7. The minimum absolute atomic E-state index is 0.00259. The molecule has 6 rings (SSSR count). The molecule has 4 aromatic rings. The average molecular weight is 744 g/mol. The zero-order chi connectivity index (χ0) is 37.8. The van der Waals surface area contributed by atoms with Gasteiger partial charge in [0, 0.05) is 25.7 Å². The van der Waals surface area contributed by atoms with Crippen LogP contribution in [-0.4, -0.2) is 65.5 Å². The lowest BCUT2D eigenvalue weighted by Gasteiger charge is -2.35. The summed E-state index contributed by atoms with van der Waals surface area (Å²) in [4.78, 5) is 37.5. The summed E-state index contributed by atoms with van der Waals surface area (Å²) in [5.74, 6) is -4.65. The number of carbonyl (C=O) groups excluding carboxylic acids is 2. The standard InChI is InChI=1S/C35H38ClF4N9O3/c1-32(2,3)18-35(22-9-6-20(7-10-22)24-12-15-47(5)46-24)29(50)48(30(41)44-35)26(17-52-31(51)45-34(13-14-34)33(4,39)40)21-8-11-23(36)25(16-21)49-28(27(37)38)42-19-43-49/h6-12,15-16,19,26-27H,13-14,17-18H2,1-5H3,(H2,41,44)(H,45,51)/t26-,35-/m1/s1. The van der Waals surface area contributed by atoms with Gasteiger partial charge in [-0.1, -0.05) is 62.7 Å². The molecule has 2 aromatic heterocycles. The smallest absolute Gasteiger partial charge is 0.407 e. The number of ether oxygens (including phenoxy) is 1. The van der Waals surface area contributed by atoms with Crippen molar-refractivity contribution < 1.29 is 31.9 Å². The fourth-order valence-electron chi connectivity index (χ4n) is 6.55. The highest BCUT2D eigenvalue weighted by Gasteiger charge is 2.60. The van der Waals surface area contributed by atoms with Crippen LogP contribution in [0.1, 0.15) is 76.4 Å². The summed E-state index contributed by atoms with van der Waals surface area (Å²) < 4.78 is 64.4. The predicted octanol–water partition coefficient (Wildman–Crippen LogP) is 6.70. The molecule has 3 N–H and O–H groups in total. The Morgan fingerprint density at radius 1 is 1.10 bits per heavy atom. The first-order valence-corrected chi connectivity index (χ1v) is 16.8. The molecule has 52 heavy (non-hydrogen) atoms. The fourth-order valence-corrected chi connectivity index (χ4v) is 6.75. The SMILES string of the molecule is Cn1ccc(-c2ccc([C@@]3(CC(C)(C)C)N=C(N)N([C@H](COC(=O)NC4(C(C)(F)F)CC4)c4ccc(Cl)c(-n5ncnc5C(F)F)c4)C3=O)cc2)n1. The van der Waals surface area contributed by atoms with Gasteiger partial charge in [-0.15, -0.1) is 0 Å². The molecule has 1 aliphatic heterocycles. The number of nitrogens with two attached hydrogens (primary N) is 1. The maximum Gasteiger partial charge on any atom is 0.407 e. The number of aromatic nitrogens is 5. The number of guanidine groups is 1. The van der Waals surface area contributed by atoms with Gasteiger partial charge in [0.05, 0.1) is 22.4 Å². The van der Waals surface area contributed by atoms with E-state index in [0.29, 0.717) is 12.5 Å². The molecule has 1 fully saturated rings. The molecule has 17 heteroatoms. The highest BCUT2D eigenvalue weighted by Crippen LogP contribution is 2.48. The second kappa shape index (κ2) is 13.2. The van der Waals surface area contributed by atoms with Crippen LogP contribution in [0.3, 0.4) is 0 Å². The number of aryl methyl sites for hydroxylation is 1.